The van der Waals surface area contributed by atoms with Gasteiger partial charge >= 0.3 is 0 Å². The molecule has 0 spiro atoms. The molecular formula is C49H88Ir3N12O6-6. The van der Waals surface area contributed by atoms with Crippen molar-refractivity contribution < 1.29 is 90.0 Å². The Morgan fingerprint density at radius 2 is 0.457 bits per heavy atom. The van der Waals surface area contributed by atoms with Crippen LogP contribution < -0.4 is 0 Å². The molecule has 0 aromatic heterocycles. The van der Waals surface area contributed by atoms with Gasteiger partial charge in [-0.1, -0.05) is 68.2 Å². The second-order valence-corrected chi connectivity index (χ2v) is 15.1. The van der Waals surface area contributed by atoms with Gasteiger partial charge in [0.25, 0.3) is 0 Å². The monoisotopic (exact) mass is 1520 g/mol. The van der Waals surface area contributed by atoms with Crippen LogP contribution in [-0.4, -0.2) is 134 Å². The molecule has 0 aliphatic carbocycles. The first-order chi connectivity index (χ1) is 30.9. The van der Waals surface area contributed by atoms with Crippen molar-refractivity contribution in [2.45, 2.75) is 110 Å². The molecule has 6 aliphatic heterocycles. The van der Waals surface area contributed by atoms with Gasteiger partial charge in [-0.2, -0.15) is 0 Å². The maximum absolute atomic E-state index is 10.0. The van der Waals surface area contributed by atoms with Crippen molar-refractivity contribution in [3.63, 3.8) is 0 Å². The minimum Gasteiger partial charge on any atom is -0.512 e. The molecule has 0 aromatic rings. The summed E-state index contributed by atoms with van der Waals surface area (Å²) in [6.07, 6.45) is 31.2. The van der Waals surface area contributed by atoms with Crippen LogP contribution in [0.3, 0.4) is 0 Å². The van der Waals surface area contributed by atoms with Gasteiger partial charge in [-0.25, -0.2) is 0 Å². The number of carbonyl (C=O) groups excluding carboxylic acids is 3. The molecule has 0 atom stereocenters. The van der Waals surface area contributed by atoms with Crippen LogP contribution in [0.5, 0.6) is 0 Å². The van der Waals surface area contributed by atoms with E-state index in [4.69, 9.17) is 15.3 Å². The molecule has 0 unspecified atom stereocenters. The number of nitrogens with zero attached hydrogens (tertiary/aromatic N) is 12. The van der Waals surface area contributed by atoms with E-state index in [1.807, 2.05) is 216 Å². The molecule has 6 rings (SSSR count). The fourth-order valence-electron chi connectivity index (χ4n) is 4.32. The van der Waals surface area contributed by atoms with Crippen LogP contribution in [0, 0.1) is 40.0 Å². The van der Waals surface area contributed by atoms with Gasteiger partial charge in [-0.15, -0.1) is 40.0 Å². The Bertz CT molecular complexity index is 1370. The van der Waals surface area contributed by atoms with Crippen LogP contribution in [0.1, 0.15) is 110 Å². The zero-order chi connectivity index (χ0) is 51.4. The minimum absolute atomic E-state index is 0. The first kappa shape index (κ1) is 79.7. The number of ketones is 3. The summed E-state index contributed by atoms with van der Waals surface area (Å²) in [4.78, 5) is 42.1. The average molecular weight is 1520 g/mol. The topological polar surface area (TPSA) is 151 Å². The van der Waals surface area contributed by atoms with E-state index >= 15 is 0 Å². The third kappa shape index (κ3) is 46.0. The summed E-state index contributed by atoms with van der Waals surface area (Å²) in [6.45, 7) is 33.3. The van der Waals surface area contributed by atoms with E-state index in [0.717, 1.165) is 0 Å². The Morgan fingerprint density at radius 3 is 0.500 bits per heavy atom. The van der Waals surface area contributed by atoms with E-state index in [9.17, 15) is 14.4 Å². The largest absolute Gasteiger partial charge is 0.512 e. The Labute approximate surface area is 465 Å². The number of allylic oxidation sites excluding steroid dienone is 6. The number of rotatable bonds is 6. The maximum atomic E-state index is 10.0. The first-order valence-electron chi connectivity index (χ1n) is 21.7. The first-order valence-corrected chi connectivity index (χ1v) is 21.7. The molecule has 21 heteroatoms. The summed E-state index contributed by atoms with van der Waals surface area (Å²) in [7, 11) is 12.0. The van der Waals surface area contributed by atoms with Crippen LogP contribution in [0.4, 0.5) is 0 Å². The van der Waals surface area contributed by atoms with Crippen molar-refractivity contribution in [3.05, 3.63) is 150 Å². The Balaban J connectivity index is -0.000000132. The van der Waals surface area contributed by atoms with Crippen molar-refractivity contribution in [1.29, 1.82) is 0 Å². The molecule has 0 saturated carbocycles. The summed E-state index contributed by atoms with van der Waals surface area (Å²) in [6, 6.07) is 0. The van der Waals surface area contributed by atoms with Crippen LogP contribution in [-0.2, 0) is 74.7 Å². The van der Waals surface area contributed by atoms with Gasteiger partial charge in [0, 0.05) is 116 Å². The normalized spacial score (nSPS) is 15.4. The SMILES string of the molecule is C.CC(=O)C=C(C)O.CC(=O)C=C(C)O.CC(=O)C=C(C)O.CCC.CCC.CCC.CN1C=CN(N2C=CN(C)[CH-]2)[CH-]1.CN1C=CN(N2C=CN(C)[CH-]2)[CH-]1.CN1C=CN(N2C=CN(C)[CH-]2)[CH-]1.[Ir].[Ir].[Ir]. The van der Waals surface area contributed by atoms with Crippen molar-refractivity contribution >= 4 is 17.3 Å². The van der Waals surface area contributed by atoms with Crippen LogP contribution in [0.25, 0.3) is 0 Å². The van der Waals surface area contributed by atoms with Crippen LogP contribution in [0.2, 0.25) is 0 Å². The summed E-state index contributed by atoms with van der Waals surface area (Å²) >= 11 is 0. The van der Waals surface area contributed by atoms with Gasteiger partial charge in [-0.3, -0.25) is 14.4 Å². The van der Waals surface area contributed by atoms with E-state index in [-0.39, 0.29) is 102 Å². The minimum atomic E-state index is -0.125. The fraction of sp³-hybridized carbons (Fsp3) is 0.449. The molecular weight excluding hydrogens is 1430 g/mol. The van der Waals surface area contributed by atoms with E-state index in [0.29, 0.717) is 0 Å². The van der Waals surface area contributed by atoms with E-state index in [2.05, 4.69) is 41.5 Å². The second-order valence-electron chi connectivity index (χ2n) is 15.1. The zero-order valence-electron chi connectivity index (χ0n) is 44.2. The van der Waals surface area contributed by atoms with E-state index < -0.39 is 0 Å². The molecule has 0 aromatic carbocycles. The Kier molecular flexibility index (Phi) is 55.0. The third-order valence-corrected chi connectivity index (χ3v) is 6.57. The molecule has 0 amide bonds. The summed E-state index contributed by atoms with van der Waals surface area (Å²) in [5, 5.41) is 37.1. The number of aliphatic hydroxyl groups excluding tert-OH is 3. The maximum Gasteiger partial charge on any atom is 0.155 e. The molecule has 3 N–H and O–H groups in total. The van der Waals surface area contributed by atoms with Crippen molar-refractivity contribution in [3.8, 4) is 0 Å². The average Bonchev–Trinajstić information content (AvgIpc) is 4.05. The molecule has 18 nitrogen and oxygen atoms in total. The number of hydrogen-bond donors (Lipinski definition) is 3. The quantitative estimate of drug-likeness (QED) is 0.131. The molecule has 0 bridgehead atoms. The number of hydrogen-bond acceptors (Lipinski definition) is 18. The van der Waals surface area contributed by atoms with Gasteiger partial charge in [0.05, 0.1) is 17.3 Å². The van der Waals surface area contributed by atoms with Crippen molar-refractivity contribution in [2.24, 2.45) is 0 Å². The predicted molar refractivity (Wildman–Crippen MR) is 274 cm³/mol. The molecule has 70 heavy (non-hydrogen) atoms. The molecule has 0 saturated heterocycles. The van der Waals surface area contributed by atoms with Crippen LogP contribution in [0.15, 0.2) is 110 Å². The van der Waals surface area contributed by atoms with Gasteiger partial charge in [-0.05, 0) is 121 Å². The van der Waals surface area contributed by atoms with Gasteiger partial charge < -0.3 is 74.8 Å². The number of aliphatic hydroxyl groups is 3. The molecule has 6 aliphatic rings. The standard InChI is InChI=1S/3C8H12N4.3C5H8O2.3C3H8.CH4.3Ir/c3*1-9-3-5-11(7-9)12-6-4-10(2)8-12;3*1-4(6)3-5(2)7;3*1-3-2;;;;/h3*3-8H,1-2H3;3*3,6H,1-2H3;3*3H2,1-2H3;1H4;;;/q3*-2;;;;;;;;;;. The zero-order valence-corrected chi connectivity index (χ0v) is 51.4. The molecule has 6 heterocycles. The Hall–Kier alpha value is -4.38. The van der Waals surface area contributed by atoms with Crippen molar-refractivity contribution in [1.82, 2.24) is 59.5 Å². The van der Waals surface area contributed by atoms with Gasteiger partial charge in [0.2, 0.25) is 0 Å². The van der Waals surface area contributed by atoms with E-state index in [1.54, 1.807) is 0 Å². The molecule has 3 radical (unpaired) electrons. The van der Waals surface area contributed by atoms with Gasteiger partial charge in [0.15, 0.2) is 17.3 Å². The summed E-state index contributed by atoms with van der Waals surface area (Å²) in [5.74, 6) is -0.187. The van der Waals surface area contributed by atoms with Gasteiger partial charge in [0.1, 0.15) is 0 Å². The number of hydrazine groups is 3. The summed E-state index contributed by atoms with van der Waals surface area (Å²) < 4.78 is 0. The number of carbonyl (C=O) groups is 3. The molecule has 0 fully saturated rings. The summed E-state index contributed by atoms with van der Waals surface area (Å²) in [5.41, 5.74) is 0. The predicted octanol–water partition coefficient (Wildman–Crippen LogP) is 9.72. The second kappa shape index (κ2) is 48.3. The van der Waals surface area contributed by atoms with Crippen LogP contribution >= 0.6 is 0 Å². The van der Waals surface area contributed by atoms with Crippen molar-refractivity contribution in [2.75, 3.05) is 42.3 Å². The smallest absolute Gasteiger partial charge is 0.155 e. The molecule has 413 valence electrons. The van der Waals surface area contributed by atoms with E-state index in [1.165, 1.54) is 79.0 Å². The third-order valence-electron chi connectivity index (χ3n) is 6.57. The fourth-order valence-corrected chi connectivity index (χ4v) is 4.32. The Morgan fingerprint density at radius 1 is 0.343 bits per heavy atom.